The van der Waals surface area contributed by atoms with Crippen molar-refractivity contribution in [2.24, 2.45) is 28.6 Å². The van der Waals surface area contributed by atoms with Crippen LogP contribution in [0.2, 0.25) is 0 Å². The fourth-order valence-electron chi connectivity index (χ4n) is 6.10. The van der Waals surface area contributed by atoms with Crippen molar-refractivity contribution in [2.45, 2.75) is 65.1 Å². The maximum atomic E-state index is 11.4. The van der Waals surface area contributed by atoms with E-state index in [1.54, 1.807) is 0 Å². The van der Waals surface area contributed by atoms with Crippen LogP contribution in [-0.4, -0.2) is 21.9 Å². The van der Waals surface area contributed by atoms with Gasteiger partial charge in [-0.25, -0.2) is 0 Å². The van der Waals surface area contributed by atoms with Crippen molar-refractivity contribution in [3.05, 3.63) is 0 Å². The minimum absolute atomic E-state index is 0.0293. The Morgan fingerprint density at radius 1 is 1.18 bits per heavy atom. The molecule has 6 atom stereocenters. The molecule has 2 nitrogen and oxygen atoms in total. The fourth-order valence-corrected chi connectivity index (χ4v) is 6.10. The number of rotatable bonds is 0. The summed E-state index contributed by atoms with van der Waals surface area (Å²) in [6.07, 6.45) is 3.89. The Balaban J connectivity index is 2.14. The second kappa shape index (κ2) is 3.08. The first-order valence-electron chi connectivity index (χ1n) is 7.13. The van der Waals surface area contributed by atoms with Gasteiger partial charge in [0, 0.05) is 5.92 Å². The average molecular weight is 238 g/mol. The topological polar surface area (TPSA) is 40.5 Å². The third-order valence-corrected chi connectivity index (χ3v) is 6.39. The van der Waals surface area contributed by atoms with Crippen molar-refractivity contribution in [2.75, 3.05) is 0 Å². The first kappa shape index (κ1) is 12.0. The highest BCUT2D eigenvalue weighted by Gasteiger charge is 2.73. The van der Waals surface area contributed by atoms with Gasteiger partial charge in [-0.1, -0.05) is 27.7 Å². The summed E-state index contributed by atoms with van der Waals surface area (Å²) in [7, 11) is 0. The molecule has 98 valence electrons. The maximum absolute atomic E-state index is 11.4. The quantitative estimate of drug-likeness (QED) is 0.681. The Bertz CT molecular complexity index is 351. The lowest BCUT2D eigenvalue weighted by molar-refractivity contribution is -0.178. The van der Waals surface area contributed by atoms with E-state index < -0.39 is 5.60 Å². The SMILES string of the molecule is CC1CC(O)C2C(C)(C)CC3(C)CCC1C23O. The summed E-state index contributed by atoms with van der Waals surface area (Å²) >= 11 is 0. The highest BCUT2D eigenvalue weighted by molar-refractivity contribution is 5.22. The second-order valence-electron chi connectivity index (χ2n) is 7.95. The van der Waals surface area contributed by atoms with Crippen molar-refractivity contribution in [3.63, 3.8) is 0 Å². The van der Waals surface area contributed by atoms with Crippen LogP contribution in [0, 0.1) is 28.6 Å². The zero-order valence-corrected chi connectivity index (χ0v) is 11.5. The first-order chi connectivity index (χ1) is 7.72. The van der Waals surface area contributed by atoms with E-state index in [0.29, 0.717) is 11.8 Å². The molecule has 0 amide bonds. The molecule has 6 unspecified atom stereocenters. The molecule has 3 fully saturated rings. The molecular weight excluding hydrogens is 212 g/mol. The van der Waals surface area contributed by atoms with Gasteiger partial charge < -0.3 is 10.2 Å². The Kier molecular flexibility index (Phi) is 2.17. The standard InChI is InChI=1S/C15H26O2/c1-9-7-11(16)12-13(2,3)8-14(4)6-5-10(9)15(12,14)17/h9-12,16-17H,5-8H2,1-4H3. The monoisotopic (exact) mass is 238 g/mol. The smallest absolute Gasteiger partial charge is 0.0789 e. The predicted octanol–water partition coefficient (Wildman–Crippen LogP) is 2.58. The Labute approximate surface area is 104 Å². The average Bonchev–Trinajstić information content (AvgIpc) is 2.45. The third kappa shape index (κ3) is 1.19. The molecule has 0 aromatic carbocycles. The summed E-state index contributed by atoms with van der Waals surface area (Å²) in [6, 6.07) is 0. The second-order valence-corrected chi connectivity index (χ2v) is 7.95. The van der Waals surface area contributed by atoms with E-state index >= 15 is 0 Å². The zero-order chi connectivity index (χ0) is 12.6. The lowest BCUT2D eigenvalue weighted by Gasteiger charge is -2.51. The van der Waals surface area contributed by atoms with Crippen molar-refractivity contribution >= 4 is 0 Å². The molecule has 0 aromatic heterocycles. The molecule has 2 heteroatoms. The molecule has 0 aliphatic heterocycles. The Morgan fingerprint density at radius 2 is 1.82 bits per heavy atom. The minimum atomic E-state index is -0.617. The van der Waals surface area contributed by atoms with E-state index in [-0.39, 0.29) is 22.9 Å². The highest BCUT2D eigenvalue weighted by Crippen LogP contribution is 2.71. The van der Waals surface area contributed by atoms with E-state index in [9.17, 15) is 10.2 Å². The van der Waals surface area contributed by atoms with Crippen LogP contribution in [0.15, 0.2) is 0 Å². The molecule has 0 radical (unpaired) electrons. The van der Waals surface area contributed by atoms with E-state index in [2.05, 4.69) is 27.7 Å². The van der Waals surface area contributed by atoms with Gasteiger partial charge in [-0.3, -0.25) is 0 Å². The van der Waals surface area contributed by atoms with Crippen LogP contribution in [0.5, 0.6) is 0 Å². The summed E-state index contributed by atoms with van der Waals surface area (Å²) in [5, 5.41) is 21.9. The molecule has 3 aliphatic carbocycles. The van der Waals surface area contributed by atoms with Crippen LogP contribution in [-0.2, 0) is 0 Å². The van der Waals surface area contributed by atoms with Crippen LogP contribution in [0.3, 0.4) is 0 Å². The number of aliphatic hydroxyl groups is 2. The lowest BCUT2D eigenvalue weighted by Crippen LogP contribution is -2.58. The van der Waals surface area contributed by atoms with E-state index in [1.807, 2.05) is 0 Å². The van der Waals surface area contributed by atoms with Crippen LogP contribution >= 0.6 is 0 Å². The van der Waals surface area contributed by atoms with Gasteiger partial charge >= 0.3 is 0 Å². The first-order valence-corrected chi connectivity index (χ1v) is 7.13. The molecular formula is C15H26O2. The van der Waals surface area contributed by atoms with E-state index in [1.165, 1.54) is 0 Å². The molecule has 17 heavy (non-hydrogen) atoms. The van der Waals surface area contributed by atoms with Crippen LogP contribution in [0.4, 0.5) is 0 Å². The molecule has 2 N–H and O–H groups in total. The summed E-state index contributed by atoms with van der Waals surface area (Å²) in [5.41, 5.74) is -0.517. The maximum Gasteiger partial charge on any atom is 0.0789 e. The predicted molar refractivity (Wildman–Crippen MR) is 67.5 cm³/mol. The van der Waals surface area contributed by atoms with Crippen molar-refractivity contribution < 1.29 is 10.2 Å². The van der Waals surface area contributed by atoms with Crippen molar-refractivity contribution in [1.29, 1.82) is 0 Å². The van der Waals surface area contributed by atoms with Crippen molar-refractivity contribution in [3.8, 4) is 0 Å². The summed E-state index contributed by atoms with van der Waals surface area (Å²) in [5.74, 6) is 0.938. The van der Waals surface area contributed by atoms with Gasteiger partial charge in [0.2, 0.25) is 0 Å². The molecule has 0 saturated heterocycles. The summed E-state index contributed by atoms with van der Waals surface area (Å²) in [4.78, 5) is 0. The van der Waals surface area contributed by atoms with Gasteiger partial charge in [0.25, 0.3) is 0 Å². The molecule has 0 heterocycles. The van der Waals surface area contributed by atoms with Gasteiger partial charge in [0.1, 0.15) is 0 Å². The van der Waals surface area contributed by atoms with Crippen molar-refractivity contribution in [1.82, 2.24) is 0 Å². The van der Waals surface area contributed by atoms with Gasteiger partial charge in [0.05, 0.1) is 11.7 Å². The molecule has 3 saturated carbocycles. The van der Waals surface area contributed by atoms with Gasteiger partial charge in [0.15, 0.2) is 0 Å². The Hall–Kier alpha value is -0.0800. The number of hydrogen-bond donors (Lipinski definition) is 2. The molecule has 0 aromatic rings. The lowest BCUT2D eigenvalue weighted by atomic mass is 9.59. The third-order valence-electron chi connectivity index (χ3n) is 6.39. The van der Waals surface area contributed by atoms with E-state index in [0.717, 1.165) is 25.7 Å². The molecule has 3 rings (SSSR count). The Morgan fingerprint density at radius 3 is 2.47 bits per heavy atom. The molecule has 0 spiro atoms. The summed E-state index contributed by atoms with van der Waals surface area (Å²) < 4.78 is 0. The fraction of sp³-hybridized carbons (Fsp3) is 1.00. The minimum Gasteiger partial charge on any atom is -0.393 e. The number of hydrogen-bond acceptors (Lipinski definition) is 2. The highest BCUT2D eigenvalue weighted by atomic mass is 16.3. The normalized spacial score (nSPS) is 60.4. The molecule has 3 aliphatic rings. The number of aliphatic hydroxyl groups excluding tert-OH is 1. The van der Waals surface area contributed by atoms with Gasteiger partial charge in [-0.15, -0.1) is 0 Å². The van der Waals surface area contributed by atoms with Crippen LogP contribution in [0.25, 0.3) is 0 Å². The summed E-state index contributed by atoms with van der Waals surface area (Å²) in [6.45, 7) is 8.92. The van der Waals surface area contributed by atoms with Gasteiger partial charge in [-0.2, -0.15) is 0 Å². The van der Waals surface area contributed by atoms with Crippen LogP contribution in [0.1, 0.15) is 53.4 Å². The van der Waals surface area contributed by atoms with Crippen LogP contribution < -0.4 is 0 Å². The van der Waals surface area contributed by atoms with Gasteiger partial charge in [-0.05, 0) is 48.3 Å². The molecule has 0 bridgehead atoms. The largest absolute Gasteiger partial charge is 0.393 e. The van der Waals surface area contributed by atoms with E-state index in [4.69, 9.17) is 0 Å². The zero-order valence-electron chi connectivity index (χ0n) is 11.5.